The van der Waals surface area contributed by atoms with E-state index >= 15 is 0 Å². The van der Waals surface area contributed by atoms with Gasteiger partial charge in [-0.05, 0) is 41.8 Å². The van der Waals surface area contributed by atoms with Crippen LogP contribution in [0.5, 0.6) is 11.5 Å². The molecule has 0 heterocycles. The van der Waals surface area contributed by atoms with E-state index in [1.807, 2.05) is 24.3 Å². The fraction of sp³-hybridized carbons (Fsp3) is 0.188. The number of phenols is 2. The summed E-state index contributed by atoms with van der Waals surface area (Å²) in [4.78, 5) is 8.56. The maximum absolute atomic E-state index is 9.29. The van der Waals surface area contributed by atoms with E-state index in [-0.39, 0.29) is 11.5 Å². The third kappa shape index (κ3) is 5.44. The predicted octanol–water partition coefficient (Wildman–Crippen LogP) is 3.86. The largest absolute Gasteiger partial charge is 0.508 e. The molecule has 112 valence electrons. The van der Waals surface area contributed by atoms with Crippen molar-refractivity contribution in [1.29, 1.82) is 0 Å². The topological polar surface area (TPSA) is 98.0 Å². The van der Waals surface area contributed by atoms with Crippen molar-refractivity contribution in [2.75, 3.05) is 0 Å². The number of benzene rings is 2. The smallest absolute Gasteiger partial charge is 0.503 e. The lowest BCUT2D eigenvalue weighted by Gasteiger charge is -2.16. The molecule has 0 atom stereocenters. The fourth-order valence-electron chi connectivity index (χ4n) is 2.08. The highest BCUT2D eigenvalue weighted by Gasteiger charge is 2.11. The fourth-order valence-corrected chi connectivity index (χ4v) is 2.08. The molecule has 2 aromatic carbocycles. The van der Waals surface area contributed by atoms with Crippen molar-refractivity contribution in [2.45, 2.75) is 19.3 Å². The molecule has 0 aromatic heterocycles. The van der Waals surface area contributed by atoms with Gasteiger partial charge in [-0.25, -0.2) is 4.79 Å². The van der Waals surface area contributed by atoms with E-state index in [0.717, 1.165) is 6.42 Å². The summed E-state index contributed by atoms with van der Waals surface area (Å²) in [6.45, 7) is 2.13. The van der Waals surface area contributed by atoms with E-state index in [0.29, 0.717) is 5.92 Å². The summed E-state index contributed by atoms with van der Waals surface area (Å²) in [6.07, 6.45) is -0.852. The van der Waals surface area contributed by atoms with Gasteiger partial charge in [0.25, 0.3) is 0 Å². The van der Waals surface area contributed by atoms with Crippen molar-refractivity contribution < 1.29 is 25.2 Å². The van der Waals surface area contributed by atoms with E-state index in [9.17, 15) is 10.2 Å². The van der Waals surface area contributed by atoms with Crippen molar-refractivity contribution in [3.8, 4) is 11.5 Å². The summed E-state index contributed by atoms with van der Waals surface area (Å²) in [6, 6.07) is 14.6. The Bertz CT molecular complexity index is 511. The van der Waals surface area contributed by atoms with Gasteiger partial charge in [-0.3, -0.25) is 0 Å². The summed E-state index contributed by atoms with van der Waals surface area (Å²) in [5.74, 6) is 0.875. The Morgan fingerprint density at radius 2 is 1.14 bits per heavy atom. The molecule has 2 aromatic rings. The maximum Gasteiger partial charge on any atom is 0.503 e. The maximum atomic E-state index is 9.29. The molecule has 0 unspecified atom stereocenters. The first-order valence-electron chi connectivity index (χ1n) is 6.43. The molecule has 21 heavy (non-hydrogen) atoms. The molecule has 0 amide bonds. The van der Waals surface area contributed by atoms with E-state index in [2.05, 4.69) is 6.92 Å². The number of hydrogen-bond acceptors (Lipinski definition) is 3. The number of carbonyl (C=O) groups is 1. The summed E-state index contributed by atoms with van der Waals surface area (Å²) in [7, 11) is 0. The first-order valence-corrected chi connectivity index (χ1v) is 6.43. The molecule has 2 rings (SSSR count). The van der Waals surface area contributed by atoms with Crippen LogP contribution >= 0.6 is 0 Å². The number of aromatic hydroxyl groups is 2. The Balaban J connectivity index is 0.000000491. The molecule has 0 aliphatic heterocycles. The molecule has 5 heteroatoms. The number of rotatable bonds is 3. The van der Waals surface area contributed by atoms with Crippen molar-refractivity contribution in [2.24, 2.45) is 0 Å². The van der Waals surface area contributed by atoms with Gasteiger partial charge in [0, 0.05) is 5.92 Å². The number of phenolic OH excluding ortho intramolecular Hbond substituents is 2. The molecule has 0 bridgehead atoms. The van der Waals surface area contributed by atoms with Gasteiger partial charge in [-0.2, -0.15) is 0 Å². The Hall–Kier alpha value is -2.69. The first-order chi connectivity index (χ1) is 9.93. The normalized spacial score (nSPS) is 9.81. The van der Waals surface area contributed by atoms with Crippen LogP contribution in [0.3, 0.4) is 0 Å². The zero-order chi connectivity index (χ0) is 15.8. The van der Waals surface area contributed by atoms with Gasteiger partial charge in [-0.1, -0.05) is 31.2 Å². The zero-order valence-electron chi connectivity index (χ0n) is 11.6. The minimum atomic E-state index is -1.83. The summed E-state index contributed by atoms with van der Waals surface area (Å²) in [5.41, 5.74) is 2.35. The molecule has 0 aliphatic rings. The van der Waals surface area contributed by atoms with E-state index in [1.54, 1.807) is 24.3 Å². The van der Waals surface area contributed by atoms with Crippen LogP contribution in [0.15, 0.2) is 48.5 Å². The third-order valence-electron chi connectivity index (χ3n) is 3.00. The molecule has 0 radical (unpaired) electrons. The van der Waals surface area contributed by atoms with Crippen LogP contribution in [0, 0.1) is 0 Å². The highest BCUT2D eigenvalue weighted by Crippen LogP contribution is 2.29. The molecule has 0 spiro atoms. The minimum Gasteiger partial charge on any atom is -0.508 e. The second-order valence-corrected chi connectivity index (χ2v) is 4.43. The van der Waals surface area contributed by atoms with Gasteiger partial charge >= 0.3 is 6.16 Å². The molecule has 0 fully saturated rings. The first kappa shape index (κ1) is 16.4. The lowest BCUT2D eigenvalue weighted by Crippen LogP contribution is -1.98. The van der Waals surface area contributed by atoms with Crippen LogP contribution in [-0.4, -0.2) is 26.6 Å². The van der Waals surface area contributed by atoms with Crippen LogP contribution in [0.25, 0.3) is 0 Å². The molecular weight excluding hydrogens is 272 g/mol. The zero-order valence-corrected chi connectivity index (χ0v) is 11.6. The molecule has 5 nitrogen and oxygen atoms in total. The standard InChI is InChI=1S/C15H16O2.CH2O3/c1-2-15(11-3-7-13(16)8-4-11)12-5-9-14(17)10-6-12;2-1(3)4/h3-10,15-17H,2H2,1H3;(H2,2,3,4). The monoisotopic (exact) mass is 290 g/mol. The van der Waals surface area contributed by atoms with Gasteiger partial charge in [0.2, 0.25) is 0 Å². The van der Waals surface area contributed by atoms with Crippen molar-refractivity contribution in [1.82, 2.24) is 0 Å². The lowest BCUT2D eigenvalue weighted by atomic mass is 9.89. The number of hydrogen-bond donors (Lipinski definition) is 4. The SMILES string of the molecule is CCC(c1ccc(O)cc1)c1ccc(O)cc1.O=C(O)O. The molecular formula is C16H18O5. The predicted molar refractivity (Wildman–Crippen MR) is 79.0 cm³/mol. The Morgan fingerprint density at radius 3 is 1.38 bits per heavy atom. The van der Waals surface area contributed by atoms with Gasteiger partial charge in [0.15, 0.2) is 0 Å². The number of carboxylic acid groups (broad SMARTS) is 2. The van der Waals surface area contributed by atoms with E-state index in [1.165, 1.54) is 11.1 Å². The van der Waals surface area contributed by atoms with Crippen LogP contribution in [0.4, 0.5) is 4.79 Å². The van der Waals surface area contributed by atoms with Gasteiger partial charge < -0.3 is 20.4 Å². The summed E-state index contributed by atoms with van der Waals surface area (Å²) in [5, 5.41) is 32.5. The molecule has 0 aliphatic carbocycles. The lowest BCUT2D eigenvalue weighted by molar-refractivity contribution is 0.137. The summed E-state index contributed by atoms with van der Waals surface area (Å²) < 4.78 is 0. The van der Waals surface area contributed by atoms with Crippen molar-refractivity contribution in [3.63, 3.8) is 0 Å². The Kier molecular flexibility index (Phi) is 6.07. The quantitative estimate of drug-likeness (QED) is 0.688. The van der Waals surface area contributed by atoms with Crippen LogP contribution in [-0.2, 0) is 0 Å². The molecule has 0 saturated carbocycles. The van der Waals surface area contributed by atoms with Crippen LogP contribution < -0.4 is 0 Å². The highest BCUT2D eigenvalue weighted by atomic mass is 16.6. The van der Waals surface area contributed by atoms with Gasteiger partial charge in [-0.15, -0.1) is 0 Å². The van der Waals surface area contributed by atoms with Gasteiger partial charge in [0.05, 0.1) is 0 Å². The second-order valence-electron chi connectivity index (χ2n) is 4.43. The van der Waals surface area contributed by atoms with Crippen LogP contribution in [0.2, 0.25) is 0 Å². The average molecular weight is 290 g/mol. The van der Waals surface area contributed by atoms with Crippen LogP contribution in [0.1, 0.15) is 30.4 Å². The molecule has 0 saturated heterocycles. The van der Waals surface area contributed by atoms with Gasteiger partial charge in [0.1, 0.15) is 11.5 Å². The Morgan fingerprint density at radius 1 is 0.857 bits per heavy atom. The van der Waals surface area contributed by atoms with Crippen molar-refractivity contribution in [3.05, 3.63) is 59.7 Å². The summed E-state index contributed by atoms with van der Waals surface area (Å²) >= 11 is 0. The Labute approximate surface area is 122 Å². The van der Waals surface area contributed by atoms with Crippen molar-refractivity contribution >= 4 is 6.16 Å². The highest BCUT2D eigenvalue weighted by molar-refractivity contribution is 5.53. The molecule has 4 N–H and O–H groups in total. The third-order valence-corrected chi connectivity index (χ3v) is 3.00. The van der Waals surface area contributed by atoms with E-state index in [4.69, 9.17) is 15.0 Å². The average Bonchev–Trinajstić information content (AvgIpc) is 2.43. The second kappa shape index (κ2) is 7.79. The minimum absolute atomic E-state index is 0.286. The van der Waals surface area contributed by atoms with E-state index < -0.39 is 6.16 Å².